The zero-order chi connectivity index (χ0) is 18.6. The predicted octanol–water partition coefficient (Wildman–Crippen LogP) is 5.93. The van der Waals surface area contributed by atoms with E-state index in [4.69, 9.17) is 0 Å². The minimum Gasteiger partial charge on any atom is -0.216 e. The molecule has 0 saturated heterocycles. The summed E-state index contributed by atoms with van der Waals surface area (Å²) >= 11 is 0. The van der Waals surface area contributed by atoms with Crippen molar-refractivity contribution in [2.75, 3.05) is 0 Å². The Balaban J connectivity index is 2.06. The van der Waals surface area contributed by atoms with Crippen LogP contribution in [0, 0.1) is 0 Å². The summed E-state index contributed by atoms with van der Waals surface area (Å²) in [6, 6.07) is 20.6. The van der Waals surface area contributed by atoms with Crippen LogP contribution in [0.5, 0.6) is 0 Å². The highest BCUT2D eigenvalue weighted by molar-refractivity contribution is 6.06. The van der Waals surface area contributed by atoms with Crippen molar-refractivity contribution >= 4 is 38.4 Å². The molecule has 0 bridgehead atoms. The molecule has 1 aliphatic rings. The van der Waals surface area contributed by atoms with Crippen molar-refractivity contribution in [3.8, 4) is 0 Å². The van der Waals surface area contributed by atoms with Crippen molar-refractivity contribution in [3.05, 3.63) is 60.2 Å². The van der Waals surface area contributed by atoms with E-state index in [0.717, 1.165) is 12.8 Å². The van der Waals surface area contributed by atoms with Crippen LogP contribution in [0.25, 0.3) is 38.4 Å². The molecular formula is C25H25N2+. The number of aromatic nitrogens is 2. The van der Waals surface area contributed by atoms with Crippen LogP contribution < -0.4 is 4.57 Å². The van der Waals surface area contributed by atoms with E-state index in [2.05, 4.69) is 91.3 Å². The van der Waals surface area contributed by atoms with E-state index in [-0.39, 0.29) is 11.0 Å². The fourth-order valence-corrected chi connectivity index (χ4v) is 5.98. The van der Waals surface area contributed by atoms with Crippen LogP contribution in [0.4, 0.5) is 0 Å². The Morgan fingerprint density at radius 2 is 1.67 bits per heavy atom. The molecule has 0 saturated carbocycles. The van der Waals surface area contributed by atoms with Crippen molar-refractivity contribution in [2.24, 2.45) is 0 Å². The van der Waals surface area contributed by atoms with Gasteiger partial charge in [0, 0.05) is 10.8 Å². The average Bonchev–Trinajstić information content (AvgIpc) is 3.07. The quantitative estimate of drug-likeness (QED) is 0.211. The standard InChI is InChI=1S/C25H25N2/c1-5-24(3)19-11-7-10-17-15-18-14-13-16-9-8-12-20-22(16)26(18)23(21(17)19)27(20)25(24,4)6-2/h7-15H,5-6H2,1-4H3/q+1. The maximum absolute atomic E-state index is 2.68. The summed E-state index contributed by atoms with van der Waals surface area (Å²) in [6.07, 6.45) is 2.23. The molecule has 2 nitrogen and oxygen atoms in total. The van der Waals surface area contributed by atoms with Gasteiger partial charge in [-0.2, -0.15) is 4.40 Å². The largest absolute Gasteiger partial charge is 0.296 e. The molecule has 134 valence electrons. The van der Waals surface area contributed by atoms with Gasteiger partial charge >= 0.3 is 0 Å². The molecule has 1 aliphatic heterocycles. The number of rotatable bonds is 2. The monoisotopic (exact) mass is 353 g/mol. The van der Waals surface area contributed by atoms with E-state index >= 15 is 0 Å². The second-order valence-corrected chi connectivity index (χ2v) is 8.69. The average molecular weight is 353 g/mol. The number of fused-ring (bicyclic) bond motifs is 1. The molecule has 0 amide bonds. The third-order valence-corrected chi connectivity index (χ3v) is 7.92. The molecule has 2 atom stereocenters. The number of hydrogen-bond donors (Lipinski definition) is 0. The molecule has 27 heavy (non-hydrogen) atoms. The summed E-state index contributed by atoms with van der Waals surface area (Å²) in [5, 5.41) is 4.12. The minimum atomic E-state index is 0.0254. The normalized spacial score (nSPS) is 24.9. The molecule has 0 aliphatic carbocycles. The van der Waals surface area contributed by atoms with E-state index in [9.17, 15) is 0 Å². The molecule has 2 heteroatoms. The Kier molecular flexibility index (Phi) is 2.64. The van der Waals surface area contributed by atoms with Crippen LogP contribution in [0.15, 0.2) is 54.6 Å². The molecular weight excluding hydrogens is 328 g/mol. The molecule has 0 N–H and O–H groups in total. The van der Waals surface area contributed by atoms with Crippen LogP contribution in [0.2, 0.25) is 0 Å². The molecule has 2 unspecified atom stereocenters. The Labute approximate surface area is 159 Å². The minimum absolute atomic E-state index is 0.0254. The van der Waals surface area contributed by atoms with Gasteiger partial charge in [0.2, 0.25) is 0 Å². The molecule has 2 aromatic carbocycles. The SMILES string of the molecule is CCC1(C)c2cccc3cc4ccc5cccc6c5n4c(c23)[n+]6C1(C)CC. The van der Waals surface area contributed by atoms with Crippen LogP contribution in [0.3, 0.4) is 0 Å². The first-order valence-corrected chi connectivity index (χ1v) is 10.2. The fraction of sp³-hybridized carbons (Fsp3) is 0.320. The smallest absolute Gasteiger partial charge is 0.216 e. The highest BCUT2D eigenvalue weighted by Crippen LogP contribution is 2.50. The second-order valence-electron chi connectivity index (χ2n) is 8.69. The van der Waals surface area contributed by atoms with Crippen molar-refractivity contribution < 1.29 is 4.57 Å². The predicted molar refractivity (Wildman–Crippen MR) is 113 cm³/mol. The third-order valence-electron chi connectivity index (χ3n) is 7.92. The van der Waals surface area contributed by atoms with E-state index in [1.807, 2.05) is 0 Å². The number of imidazole rings is 1. The van der Waals surface area contributed by atoms with E-state index in [1.54, 1.807) is 0 Å². The van der Waals surface area contributed by atoms with Crippen LogP contribution in [-0.4, -0.2) is 4.40 Å². The summed E-state index contributed by atoms with van der Waals surface area (Å²) < 4.78 is 5.20. The molecule has 3 aromatic heterocycles. The fourth-order valence-electron chi connectivity index (χ4n) is 5.98. The summed E-state index contributed by atoms with van der Waals surface area (Å²) in [5.74, 6) is 0. The van der Waals surface area contributed by atoms with Crippen molar-refractivity contribution in [1.29, 1.82) is 0 Å². The Bertz CT molecular complexity index is 1380. The van der Waals surface area contributed by atoms with Crippen molar-refractivity contribution in [2.45, 2.75) is 51.5 Å². The first-order chi connectivity index (χ1) is 13.0. The van der Waals surface area contributed by atoms with Gasteiger partial charge < -0.3 is 0 Å². The number of para-hydroxylation sites is 1. The zero-order valence-corrected chi connectivity index (χ0v) is 16.5. The van der Waals surface area contributed by atoms with Gasteiger partial charge in [-0.1, -0.05) is 51.1 Å². The van der Waals surface area contributed by atoms with Gasteiger partial charge in [0.25, 0.3) is 5.65 Å². The first-order valence-electron chi connectivity index (χ1n) is 10.2. The molecule has 0 spiro atoms. The summed E-state index contributed by atoms with van der Waals surface area (Å²) in [7, 11) is 0. The van der Waals surface area contributed by atoms with Crippen LogP contribution in [-0.2, 0) is 11.0 Å². The van der Waals surface area contributed by atoms with E-state index in [0.29, 0.717) is 0 Å². The number of pyridine rings is 2. The second kappa shape index (κ2) is 4.62. The Morgan fingerprint density at radius 3 is 2.44 bits per heavy atom. The van der Waals surface area contributed by atoms with Gasteiger partial charge in [0.05, 0.1) is 5.39 Å². The summed E-state index contributed by atoms with van der Waals surface area (Å²) in [5.41, 5.74) is 7.02. The highest BCUT2D eigenvalue weighted by Gasteiger charge is 2.54. The molecule has 6 rings (SSSR count). The topological polar surface area (TPSA) is 8.29 Å². The Hall–Kier alpha value is -2.61. The van der Waals surface area contributed by atoms with Gasteiger partial charge in [0.1, 0.15) is 11.1 Å². The molecule has 5 aromatic rings. The number of benzene rings is 2. The lowest BCUT2D eigenvalue weighted by Crippen LogP contribution is -2.66. The zero-order valence-electron chi connectivity index (χ0n) is 16.5. The van der Waals surface area contributed by atoms with Gasteiger partial charge in [-0.05, 0) is 55.0 Å². The molecule has 0 radical (unpaired) electrons. The number of hydrogen-bond acceptors (Lipinski definition) is 0. The van der Waals surface area contributed by atoms with Crippen LogP contribution in [0.1, 0.15) is 46.1 Å². The van der Waals surface area contributed by atoms with Gasteiger partial charge in [-0.25, -0.2) is 4.57 Å². The lowest BCUT2D eigenvalue weighted by Gasteiger charge is -2.46. The van der Waals surface area contributed by atoms with Gasteiger partial charge in [-0.3, -0.25) is 0 Å². The van der Waals surface area contributed by atoms with Crippen molar-refractivity contribution in [1.82, 2.24) is 4.40 Å². The summed E-state index contributed by atoms with van der Waals surface area (Å²) in [6.45, 7) is 9.66. The summed E-state index contributed by atoms with van der Waals surface area (Å²) in [4.78, 5) is 0. The maximum Gasteiger partial charge on any atom is 0.296 e. The van der Waals surface area contributed by atoms with Gasteiger partial charge in [0.15, 0.2) is 11.0 Å². The highest BCUT2D eigenvalue weighted by atomic mass is 15.2. The number of nitrogens with zero attached hydrogens (tertiary/aromatic N) is 2. The first kappa shape index (κ1) is 15.4. The van der Waals surface area contributed by atoms with E-state index in [1.165, 1.54) is 43.9 Å². The lowest BCUT2D eigenvalue weighted by molar-refractivity contribution is -0.728. The van der Waals surface area contributed by atoms with Crippen LogP contribution >= 0.6 is 0 Å². The van der Waals surface area contributed by atoms with Crippen molar-refractivity contribution in [3.63, 3.8) is 0 Å². The van der Waals surface area contributed by atoms with Gasteiger partial charge in [-0.15, -0.1) is 0 Å². The third kappa shape index (κ3) is 1.47. The molecule has 4 heterocycles. The molecule has 0 fully saturated rings. The van der Waals surface area contributed by atoms with E-state index < -0.39 is 0 Å². The lowest BCUT2D eigenvalue weighted by atomic mass is 9.62. The maximum atomic E-state index is 2.68. The Morgan fingerprint density at radius 1 is 0.889 bits per heavy atom.